The van der Waals surface area contributed by atoms with Crippen molar-refractivity contribution >= 4 is 17.7 Å². The molecule has 1 N–H and O–H groups in total. The molecule has 0 aliphatic carbocycles. The van der Waals surface area contributed by atoms with Crippen molar-refractivity contribution in [3.63, 3.8) is 0 Å². The number of carbonyl (C=O) groups excluding carboxylic acids is 1. The predicted octanol–water partition coefficient (Wildman–Crippen LogP) is 4.00. The summed E-state index contributed by atoms with van der Waals surface area (Å²) in [5, 5.41) is 2.96. The maximum Gasteiger partial charge on any atom is 0.322 e. The molecule has 1 fully saturated rings. The summed E-state index contributed by atoms with van der Waals surface area (Å²) in [6.07, 6.45) is 0.641. The van der Waals surface area contributed by atoms with Gasteiger partial charge < -0.3 is 24.6 Å². The van der Waals surface area contributed by atoms with Crippen molar-refractivity contribution in [2.75, 3.05) is 43.1 Å². The maximum absolute atomic E-state index is 12.9. The van der Waals surface area contributed by atoms with Gasteiger partial charge in [0, 0.05) is 31.7 Å². The van der Waals surface area contributed by atoms with Crippen LogP contribution in [0.15, 0.2) is 54.6 Å². The second-order valence-corrected chi connectivity index (χ2v) is 8.24. The van der Waals surface area contributed by atoms with Gasteiger partial charge in [0.1, 0.15) is 5.75 Å². The quantitative estimate of drug-likeness (QED) is 0.654. The van der Waals surface area contributed by atoms with E-state index in [0.717, 1.165) is 35.6 Å². The van der Waals surface area contributed by atoms with E-state index in [1.54, 1.807) is 4.90 Å². The summed E-state index contributed by atoms with van der Waals surface area (Å²) >= 11 is 0. The summed E-state index contributed by atoms with van der Waals surface area (Å²) in [5.41, 5.74) is 3.70. The first-order valence-electron chi connectivity index (χ1n) is 11.2. The minimum atomic E-state index is -0.148. The van der Waals surface area contributed by atoms with Crippen molar-refractivity contribution in [2.45, 2.75) is 19.9 Å². The van der Waals surface area contributed by atoms with Gasteiger partial charge in [-0.05, 0) is 31.2 Å². The number of hydrogen-bond donors (Lipinski definition) is 1. The van der Waals surface area contributed by atoms with Crippen molar-refractivity contribution in [3.8, 4) is 11.6 Å². The number of para-hydroxylation sites is 1. The zero-order valence-corrected chi connectivity index (χ0v) is 18.7. The number of fused-ring (bicyclic) bond motifs is 1. The molecule has 0 bridgehead atoms. The number of benzene rings is 2. The average molecular weight is 446 g/mol. The molecule has 2 aromatic carbocycles. The number of nitrogens with one attached hydrogen (secondary N) is 1. The molecule has 2 aliphatic heterocycles. The third-order valence-electron chi connectivity index (χ3n) is 5.85. The summed E-state index contributed by atoms with van der Waals surface area (Å²) in [5.74, 6) is 1.86. The van der Waals surface area contributed by atoms with Crippen molar-refractivity contribution < 1.29 is 14.3 Å². The van der Waals surface area contributed by atoms with Crippen LogP contribution in [0.25, 0.3) is 0 Å². The van der Waals surface area contributed by atoms with Crippen LogP contribution in [0, 0.1) is 6.92 Å². The second kappa shape index (κ2) is 9.46. The molecule has 8 heteroatoms. The van der Waals surface area contributed by atoms with E-state index in [-0.39, 0.29) is 6.03 Å². The highest BCUT2D eigenvalue weighted by atomic mass is 16.5. The van der Waals surface area contributed by atoms with Gasteiger partial charge >= 0.3 is 6.03 Å². The molecule has 3 heterocycles. The van der Waals surface area contributed by atoms with Crippen LogP contribution in [0.4, 0.5) is 16.4 Å². The van der Waals surface area contributed by atoms with E-state index in [1.807, 2.05) is 61.5 Å². The number of aromatic nitrogens is 2. The zero-order chi connectivity index (χ0) is 22.6. The lowest BCUT2D eigenvalue weighted by Gasteiger charge is -2.32. The van der Waals surface area contributed by atoms with E-state index in [2.05, 4.69) is 10.2 Å². The molecule has 1 saturated heterocycles. The highest BCUT2D eigenvalue weighted by Crippen LogP contribution is 2.32. The predicted molar refractivity (Wildman–Crippen MR) is 126 cm³/mol. The molecule has 0 saturated carbocycles. The Morgan fingerprint density at radius 2 is 1.76 bits per heavy atom. The van der Waals surface area contributed by atoms with Crippen LogP contribution >= 0.6 is 0 Å². The fourth-order valence-corrected chi connectivity index (χ4v) is 3.98. The van der Waals surface area contributed by atoms with Crippen LogP contribution in [0.3, 0.4) is 0 Å². The van der Waals surface area contributed by atoms with Crippen molar-refractivity contribution in [1.82, 2.24) is 14.9 Å². The number of morpholine rings is 1. The van der Waals surface area contributed by atoms with Gasteiger partial charge in [-0.25, -0.2) is 9.78 Å². The van der Waals surface area contributed by atoms with E-state index >= 15 is 0 Å². The number of anilines is 2. The van der Waals surface area contributed by atoms with E-state index < -0.39 is 0 Å². The average Bonchev–Trinajstić information content (AvgIpc) is 2.86. The van der Waals surface area contributed by atoms with E-state index in [4.69, 9.17) is 19.4 Å². The van der Waals surface area contributed by atoms with Crippen LogP contribution in [0.5, 0.6) is 11.6 Å². The lowest BCUT2D eigenvalue weighted by molar-refractivity contribution is 0.122. The van der Waals surface area contributed by atoms with Crippen LogP contribution in [0.2, 0.25) is 0 Å². The van der Waals surface area contributed by atoms with Crippen LogP contribution < -0.4 is 15.0 Å². The zero-order valence-electron chi connectivity index (χ0n) is 18.7. The summed E-state index contributed by atoms with van der Waals surface area (Å²) in [6, 6.07) is 17.2. The molecule has 2 aliphatic rings. The van der Waals surface area contributed by atoms with Gasteiger partial charge in [0.05, 0.1) is 31.0 Å². The molecule has 8 nitrogen and oxygen atoms in total. The number of nitrogens with zero attached hydrogens (tertiary/aromatic N) is 4. The van der Waals surface area contributed by atoms with Gasteiger partial charge in [0.25, 0.3) is 0 Å². The molecule has 170 valence electrons. The molecule has 1 aromatic heterocycles. The number of aryl methyl sites for hydroxylation is 1. The SMILES string of the molecule is Cc1ccc(Oc2nc(N3CCOCC3)nc3c2CN(C(=O)Nc2ccccc2)CC3)cc1. The molecule has 33 heavy (non-hydrogen) atoms. The normalized spacial score (nSPS) is 15.7. The third kappa shape index (κ3) is 4.90. The second-order valence-electron chi connectivity index (χ2n) is 8.24. The Kier molecular flexibility index (Phi) is 6.08. The van der Waals surface area contributed by atoms with E-state index in [1.165, 1.54) is 0 Å². The molecule has 0 atom stereocenters. The smallest absolute Gasteiger partial charge is 0.322 e. The van der Waals surface area contributed by atoms with Crippen molar-refractivity contribution in [3.05, 3.63) is 71.4 Å². The number of rotatable bonds is 4. The van der Waals surface area contributed by atoms with Crippen LogP contribution in [0.1, 0.15) is 16.8 Å². The topological polar surface area (TPSA) is 79.8 Å². The number of amides is 2. The standard InChI is InChI=1S/C25H27N5O3/c1-18-7-9-20(10-8-18)33-23-21-17-30(25(31)26-19-5-3-2-4-6-19)12-11-22(21)27-24(28-23)29-13-15-32-16-14-29/h2-10H,11-17H2,1H3,(H,26,31). The molecule has 0 radical (unpaired) electrons. The Hall–Kier alpha value is -3.65. The Morgan fingerprint density at radius 1 is 1.00 bits per heavy atom. The first kappa shape index (κ1) is 21.2. The maximum atomic E-state index is 12.9. The van der Waals surface area contributed by atoms with Crippen LogP contribution in [-0.2, 0) is 17.7 Å². The molecule has 5 rings (SSSR count). The van der Waals surface area contributed by atoms with Crippen molar-refractivity contribution in [2.24, 2.45) is 0 Å². The lowest BCUT2D eigenvalue weighted by atomic mass is 10.1. The molecular formula is C25H27N5O3. The van der Waals surface area contributed by atoms with Gasteiger partial charge in [-0.2, -0.15) is 4.98 Å². The monoisotopic (exact) mass is 445 g/mol. The molecule has 2 amide bonds. The van der Waals surface area contributed by atoms with E-state index in [0.29, 0.717) is 50.3 Å². The fraction of sp³-hybridized carbons (Fsp3) is 0.320. The number of ether oxygens (including phenoxy) is 2. The highest BCUT2D eigenvalue weighted by molar-refractivity contribution is 5.89. The fourth-order valence-electron chi connectivity index (χ4n) is 3.98. The van der Waals surface area contributed by atoms with E-state index in [9.17, 15) is 4.79 Å². The summed E-state index contributed by atoms with van der Waals surface area (Å²) in [7, 11) is 0. The lowest BCUT2D eigenvalue weighted by Crippen LogP contribution is -2.41. The number of hydrogen-bond acceptors (Lipinski definition) is 6. The van der Waals surface area contributed by atoms with Gasteiger partial charge in [-0.3, -0.25) is 0 Å². The molecule has 0 spiro atoms. The van der Waals surface area contributed by atoms with Gasteiger partial charge in [0.2, 0.25) is 11.8 Å². The number of urea groups is 1. The Balaban J connectivity index is 1.43. The molecule has 0 unspecified atom stereocenters. The van der Waals surface area contributed by atoms with Gasteiger partial charge in [-0.15, -0.1) is 0 Å². The Bertz CT molecular complexity index is 1110. The number of carbonyl (C=O) groups is 1. The first-order chi connectivity index (χ1) is 16.2. The minimum Gasteiger partial charge on any atom is -0.438 e. The van der Waals surface area contributed by atoms with Gasteiger partial charge in [0.15, 0.2) is 0 Å². The van der Waals surface area contributed by atoms with Crippen molar-refractivity contribution in [1.29, 1.82) is 0 Å². The molecule has 3 aromatic rings. The largest absolute Gasteiger partial charge is 0.438 e. The Labute approximate surface area is 193 Å². The van der Waals surface area contributed by atoms with Gasteiger partial charge in [-0.1, -0.05) is 35.9 Å². The summed E-state index contributed by atoms with van der Waals surface area (Å²) in [4.78, 5) is 26.4. The first-order valence-corrected chi connectivity index (χ1v) is 11.2. The Morgan fingerprint density at radius 3 is 2.52 bits per heavy atom. The minimum absolute atomic E-state index is 0.148. The summed E-state index contributed by atoms with van der Waals surface area (Å²) < 4.78 is 11.7. The highest BCUT2D eigenvalue weighted by Gasteiger charge is 2.28. The summed E-state index contributed by atoms with van der Waals surface area (Å²) in [6.45, 7) is 5.80. The third-order valence-corrected chi connectivity index (χ3v) is 5.85. The van der Waals surface area contributed by atoms with Crippen LogP contribution in [-0.4, -0.2) is 53.7 Å². The molecular weight excluding hydrogens is 418 g/mol.